The molecule has 94 valence electrons. The first kappa shape index (κ1) is 14.0. The number of esters is 1. The number of hydrogen-bond acceptors (Lipinski definition) is 3. The van der Waals surface area contributed by atoms with Gasteiger partial charge in [0.25, 0.3) is 0 Å². The molecule has 0 heterocycles. The molecule has 0 radical (unpaired) electrons. The van der Waals surface area contributed by atoms with Crippen molar-refractivity contribution in [2.24, 2.45) is 11.7 Å². The third kappa shape index (κ3) is 5.20. The lowest BCUT2D eigenvalue weighted by molar-refractivity contribution is -0.146. The average molecular weight is 256 g/mol. The Bertz CT molecular complexity index is 379. The third-order valence-corrected chi connectivity index (χ3v) is 2.53. The molecule has 0 bridgehead atoms. The summed E-state index contributed by atoms with van der Waals surface area (Å²) >= 11 is 5.83. The lowest BCUT2D eigenvalue weighted by atomic mass is 10.1. The molecule has 0 saturated heterocycles. The highest BCUT2D eigenvalue weighted by Gasteiger charge is 2.16. The van der Waals surface area contributed by atoms with Crippen LogP contribution in [0, 0.1) is 5.92 Å². The molecule has 1 atom stereocenters. The van der Waals surface area contributed by atoms with Crippen molar-refractivity contribution < 1.29 is 9.53 Å². The topological polar surface area (TPSA) is 52.3 Å². The smallest absolute Gasteiger partial charge is 0.323 e. The second kappa shape index (κ2) is 6.62. The van der Waals surface area contributed by atoms with E-state index in [2.05, 4.69) is 0 Å². The van der Waals surface area contributed by atoms with E-state index in [1.54, 1.807) is 12.1 Å². The van der Waals surface area contributed by atoms with Crippen LogP contribution in [0.3, 0.4) is 0 Å². The fourth-order valence-electron chi connectivity index (χ4n) is 1.49. The van der Waals surface area contributed by atoms with Crippen LogP contribution in [-0.2, 0) is 16.1 Å². The first-order valence-electron chi connectivity index (χ1n) is 5.65. The lowest BCUT2D eigenvalue weighted by Gasteiger charge is -2.13. The van der Waals surface area contributed by atoms with Gasteiger partial charge in [0.05, 0.1) is 0 Å². The summed E-state index contributed by atoms with van der Waals surface area (Å²) in [5, 5.41) is 0.630. The van der Waals surface area contributed by atoms with E-state index in [0.29, 0.717) is 17.4 Å². The number of carbonyl (C=O) groups is 1. The van der Waals surface area contributed by atoms with E-state index in [4.69, 9.17) is 22.1 Å². The molecule has 2 N–H and O–H groups in total. The maximum atomic E-state index is 11.6. The van der Waals surface area contributed by atoms with Crippen molar-refractivity contribution in [2.75, 3.05) is 0 Å². The highest BCUT2D eigenvalue weighted by atomic mass is 35.5. The highest BCUT2D eigenvalue weighted by Crippen LogP contribution is 2.12. The van der Waals surface area contributed by atoms with Gasteiger partial charge in [-0.05, 0) is 30.0 Å². The van der Waals surface area contributed by atoms with Gasteiger partial charge < -0.3 is 10.5 Å². The Hall–Kier alpha value is -1.06. The molecule has 17 heavy (non-hydrogen) atoms. The van der Waals surface area contributed by atoms with Crippen LogP contribution in [0.25, 0.3) is 0 Å². The van der Waals surface area contributed by atoms with Crippen LogP contribution in [0.4, 0.5) is 0 Å². The van der Waals surface area contributed by atoms with Crippen molar-refractivity contribution >= 4 is 17.6 Å². The maximum Gasteiger partial charge on any atom is 0.323 e. The molecule has 0 amide bonds. The molecular weight excluding hydrogens is 238 g/mol. The molecule has 0 aliphatic rings. The fourth-order valence-corrected chi connectivity index (χ4v) is 1.71. The van der Waals surface area contributed by atoms with Gasteiger partial charge in [0.1, 0.15) is 12.6 Å². The van der Waals surface area contributed by atoms with E-state index in [9.17, 15) is 4.79 Å². The van der Waals surface area contributed by atoms with Gasteiger partial charge >= 0.3 is 5.97 Å². The summed E-state index contributed by atoms with van der Waals surface area (Å²) in [7, 11) is 0. The van der Waals surface area contributed by atoms with E-state index in [0.717, 1.165) is 5.56 Å². The molecule has 0 saturated carbocycles. The summed E-state index contributed by atoms with van der Waals surface area (Å²) in [5.41, 5.74) is 6.58. The van der Waals surface area contributed by atoms with Gasteiger partial charge in [-0.1, -0.05) is 37.6 Å². The summed E-state index contributed by atoms with van der Waals surface area (Å²) in [4.78, 5) is 11.6. The van der Waals surface area contributed by atoms with E-state index in [1.165, 1.54) is 0 Å². The third-order valence-electron chi connectivity index (χ3n) is 2.30. The molecule has 0 spiro atoms. The van der Waals surface area contributed by atoms with Gasteiger partial charge in [-0.3, -0.25) is 4.79 Å². The zero-order chi connectivity index (χ0) is 12.8. The molecule has 3 nitrogen and oxygen atoms in total. The number of rotatable bonds is 5. The minimum absolute atomic E-state index is 0.213. The number of ether oxygens (including phenoxy) is 1. The van der Waals surface area contributed by atoms with Gasteiger partial charge in [0, 0.05) is 5.02 Å². The Morgan fingerprint density at radius 1 is 1.47 bits per heavy atom. The van der Waals surface area contributed by atoms with Crippen molar-refractivity contribution in [3.8, 4) is 0 Å². The average Bonchev–Trinajstić information content (AvgIpc) is 2.25. The molecule has 0 aliphatic carbocycles. The molecule has 1 aromatic rings. The Labute approximate surface area is 107 Å². The Morgan fingerprint density at radius 2 is 2.18 bits per heavy atom. The fraction of sp³-hybridized carbons (Fsp3) is 0.462. The van der Waals surface area contributed by atoms with Crippen LogP contribution >= 0.6 is 11.6 Å². The van der Waals surface area contributed by atoms with Crippen LogP contribution in [0.2, 0.25) is 5.02 Å². The van der Waals surface area contributed by atoms with Gasteiger partial charge in [-0.2, -0.15) is 0 Å². The zero-order valence-corrected chi connectivity index (χ0v) is 10.9. The number of hydrogen-bond donors (Lipinski definition) is 1. The van der Waals surface area contributed by atoms with Crippen molar-refractivity contribution in [2.45, 2.75) is 32.9 Å². The summed E-state index contributed by atoms with van der Waals surface area (Å²) in [5.74, 6) is 0.0161. The standard InChI is InChI=1S/C13H18ClNO2/c1-9(2)6-12(15)13(16)17-8-10-4-3-5-11(14)7-10/h3-5,7,9,12H,6,8,15H2,1-2H3/t12-/m0/s1. The van der Waals surface area contributed by atoms with Crippen LogP contribution in [-0.4, -0.2) is 12.0 Å². The predicted molar refractivity (Wildman–Crippen MR) is 68.7 cm³/mol. The number of nitrogens with two attached hydrogens (primary N) is 1. The highest BCUT2D eigenvalue weighted by molar-refractivity contribution is 6.30. The van der Waals surface area contributed by atoms with E-state index in [1.807, 2.05) is 26.0 Å². The van der Waals surface area contributed by atoms with Crippen molar-refractivity contribution in [1.82, 2.24) is 0 Å². The normalized spacial score (nSPS) is 12.5. The van der Waals surface area contributed by atoms with Crippen LogP contribution in [0.5, 0.6) is 0 Å². The quantitative estimate of drug-likeness (QED) is 0.823. The first-order valence-corrected chi connectivity index (χ1v) is 6.03. The minimum atomic E-state index is -0.547. The molecule has 0 aliphatic heterocycles. The summed E-state index contributed by atoms with van der Waals surface area (Å²) < 4.78 is 5.12. The first-order chi connectivity index (χ1) is 7.99. The van der Waals surface area contributed by atoms with Crippen LogP contribution in [0.15, 0.2) is 24.3 Å². The van der Waals surface area contributed by atoms with Gasteiger partial charge in [0.2, 0.25) is 0 Å². The molecule has 1 aromatic carbocycles. The van der Waals surface area contributed by atoms with Crippen LogP contribution < -0.4 is 5.73 Å². The Morgan fingerprint density at radius 3 is 2.76 bits per heavy atom. The predicted octanol–water partition coefficient (Wildman–Crippen LogP) is 2.76. The number of halogens is 1. The molecule has 4 heteroatoms. The summed E-state index contributed by atoms with van der Waals surface area (Å²) in [6.45, 7) is 4.25. The molecule has 0 fully saturated rings. The largest absolute Gasteiger partial charge is 0.460 e. The summed E-state index contributed by atoms with van der Waals surface area (Å²) in [6.07, 6.45) is 0.633. The second-order valence-electron chi connectivity index (χ2n) is 4.47. The van der Waals surface area contributed by atoms with Crippen molar-refractivity contribution in [3.05, 3.63) is 34.9 Å². The van der Waals surface area contributed by atoms with E-state index < -0.39 is 6.04 Å². The van der Waals surface area contributed by atoms with Crippen molar-refractivity contribution in [1.29, 1.82) is 0 Å². The van der Waals surface area contributed by atoms with Crippen molar-refractivity contribution in [3.63, 3.8) is 0 Å². The van der Waals surface area contributed by atoms with Crippen LogP contribution in [0.1, 0.15) is 25.8 Å². The molecule has 1 rings (SSSR count). The molecular formula is C13H18ClNO2. The van der Waals surface area contributed by atoms with E-state index >= 15 is 0 Å². The van der Waals surface area contributed by atoms with Gasteiger partial charge in [-0.25, -0.2) is 0 Å². The Balaban J connectivity index is 2.43. The number of benzene rings is 1. The zero-order valence-electron chi connectivity index (χ0n) is 10.2. The molecule has 0 aromatic heterocycles. The van der Waals surface area contributed by atoms with Gasteiger partial charge in [-0.15, -0.1) is 0 Å². The van der Waals surface area contributed by atoms with Gasteiger partial charge in [0.15, 0.2) is 0 Å². The maximum absolute atomic E-state index is 11.6. The SMILES string of the molecule is CC(C)C[C@H](N)C(=O)OCc1cccc(Cl)c1. The molecule has 0 unspecified atom stereocenters. The monoisotopic (exact) mass is 255 g/mol. The minimum Gasteiger partial charge on any atom is -0.460 e. The lowest BCUT2D eigenvalue weighted by Crippen LogP contribution is -2.33. The number of carbonyl (C=O) groups excluding carboxylic acids is 1. The Kier molecular flexibility index (Phi) is 5.45. The summed E-state index contributed by atoms with van der Waals surface area (Å²) in [6, 6.07) is 6.67. The van der Waals surface area contributed by atoms with E-state index in [-0.39, 0.29) is 12.6 Å². The second-order valence-corrected chi connectivity index (χ2v) is 4.91.